The van der Waals surface area contributed by atoms with Crippen molar-refractivity contribution >= 4 is 11.9 Å². The van der Waals surface area contributed by atoms with E-state index in [2.05, 4.69) is 21.9 Å². The smallest absolute Gasteiger partial charge is 0.339 e. The van der Waals surface area contributed by atoms with Crippen molar-refractivity contribution in [2.45, 2.75) is 32.7 Å². The van der Waals surface area contributed by atoms with E-state index in [1.807, 2.05) is 17.0 Å². The lowest BCUT2D eigenvalue weighted by atomic mass is 10.0. The first-order valence-electron chi connectivity index (χ1n) is 8.22. The summed E-state index contributed by atoms with van der Waals surface area (Å²) in [6, 6.07) is 4.49. The van der Waals surface area contributed by atoms with Crippen molar-refractivity contribution in [2.24, 2.45) is 0 Å². The van der Waals surface area contributed by atoms with Gasteiger partial charge in [0.1, 0.15) is 5.69 Å². The monoisotopic (exact) mass is 329 g/mol. The molecule has 0 aliphatic carbocycles. The van der Waals surface area contributed by atoms with Crippen LogP contribution in [0.2, 0.25) is 0 Å². The standard InChI is InChI=1S/C18H23N3O3/c1-12-15(18(23)24-3)13(2)19-16(12)17(22)21-10-6-14(7-11-21)20-8-4-5-9-20/h4-5,8-9,14,19H,6-7,10-11H2,1-3H3. The van der Waals surface area contributed by atoms with Gasteiger partial charge in [0.05, 0.1) is 12.7 Å². The van der Waals surface area contributed by atoms with Crippen LogP contribution < -0.4 is 0 Å². The van der Waals surface area contributed by atoms with Crippen LogP contribution in [0.5, 0.6) is 0 Å². The number of hydrogen-bond acceptors (Lipinski definition) is 3. The Morgan fingerprint density at radius 3 is 2.38 bits per heavy atom. The summed E-state index contributed by atoms with van der Waals surface area (Å²) >= 11 is 0. The predicted molar refractivity (Wildman–Crippen MR) is 90.2 cm³/mol. The van der Waals surface area contributed by atoms with Crippen molar-refractivity contribution in [3.8, 4) is 0 Å². The average Bonchev–Trinajstić information content (AvgIpc) is 3.22. The maximum Gasteiger partial charge on any atom is 0.339 e. The molecular weight excluding hydrogens is 306 g/mol. The van der Waals surface area contributed by atoms with Gasteiger partial charge < -0.3 is 19.2 Å². The van der Waals surface area contributed by atoms with Gasteiger partial charge in [-0.25, -0.2) is 4.79 Å². The molecule has 2 aromatic heterocycles. The second-order valence-corrected chi connectivity index (χ2v) is 6.27. The third kappa shape index (κ3) is 2.84. The van der Waals surface area contributed by atoms with Crippen molar-refractivity contribution in [3.63, 3.8) is 0 Å². The van der Waals surface area contributed by atoms with E-state index in [0.717, 1.165) is 12.8 Å². The second kappa shape index (κ2) is 6.55. The molecule has 1 aliphatic heterocycles. The molecule has 1 aliphatic rings. The van der Waals surface area contributed by atoms with Gasteiger partial charge in [-0.2, -0.15) is 0 Å². The van der Waals surface area contributed by atoms with E-state index in [1.54, 1.807) is 13.8 Å². The molecule has 128 valence electrons. The zero-order chi connectivity index (χ0) is 17.3. The Labute approximate surface area is 141 Å². The number of aryl methyl sites for hydroxylation is 1. The van der Waals surface area contributed by atoms with Crippen molar-refractivity contribution in [1.29, 1.82) is 0 Å². The summed E-state index contributed by atoms with van der Waals surface area (Å²) in [6.45, 7) is 5.00. The largest absolute Gasteiger partial charge is 0.465 e. The summed E-state index contributed by atoms with van der Waals surface area (Å²) in [4.78, 5) is 29.6. The van der Waals surface area contributed by atoms with Crippen molar-refractivity contribution < 1.29 is 14.3 Å². The minimum absolute atomic E-state index is 0.0447. The third-order valence-corrected chi connectivity index (χ3v) is 4.84. The number of H-pyrrole nitrogens is 1. The van der Waals surface area contributed by atoms with Gasteiger partial charge in [-0.3, -0.25) is 4.79 Å². The molecule has 3 rings (SSSR count). The Bertz CT molecular complexity index is 738. The fraction of sp³-hybridized carbons (Fsp3) is 0.444. The maximum absolute atomic E-state index is 12.8. The molecule has 24 heavy (non-hydrogen) atoms. The van der Waals surface area contributed by atoms with E-state index >= 15 is 0 Å². The summed E-state index contributed by atoms with van der Waals surface area (Å²) in [6.07, 6.45) is 6.01. The number of nitrogens with zero attached hydrogens (tertiary/aromatic N) is 2. The Hall–Kier alpha value is -2.50. The Balaban J connectivity index is 1.73. The molecule has 6 heteroatoms. The van der Waals surface area contributed by atoms with Gasteiger partial charge in [-0.1, -0.05) is 0 Å². The molecule has 1 saturated heterocycles. The lowest BCUT2D eigenvalue weighted by Gasteiger charge is -2.32. The molecule has 0 spiro atoms. The molecule has 0 atom stereocenters. The number of methoxy groups -OCH3 is 1. The van der Waals surface area contributed by atoms with Crippen molar-refractivity contribution in [1.82, 2.24) is 14.5 Å². The van der Waals surface area contributed by atoms with Crippen LogP contribution >= 0.6 is 0 Å². The number of aromatic nitrogens is 2. The highest BCUT2D eigenvalue weighted by Gasteiger charge is 2.28. The third-order valence-electron chi connectivity index (χ3n) is 4.84. The molecule has 0 unspecified atom stereocenters. The number of rotatable bonds is 3. The molecule has 0 radical (unpaired) electrons. The lowest BCUT2D eigenvalue weighted by molar-refractivity contribution is 0.0599. The van der Waals surface area contributed by atoms with E-state index in [4.69, 9.17) is 4.74 Å². The highest BCUT2D eigenvalue weighted by atomic mass is 16.5. The van der Waals surface area contributed by atoms with E-state index in [0.29, 0.717) is 41.6 Å². The second-order valence-electron chi connectivity index (χ2n) is 6.27. The fourth-order valence-electron chi connectivity index (χ4n) is 3.49. The van der Waals surface area contributed by atoms with E-state index in [9.17, 15) is 9.59 Å². The first-order valence-corrected chi connectivity index (χ1v) is 8.22. The van der Waals surface area contributed by atoms with Crippen LogP contribution in [0.3, 0.4) is 0 Å². The maximum atomic E-state index is 12.8. The van der Waals surface area contributed by atoms with Gasteiger partial charge in [-0.05, 0) is 44.4 Å². The van der Waals surface area contributed by atoms with E-state index < -0.39 is 5.97 Å². The molecule has 6 nitrogen and oxygen atoms in total. The highest BCUT2D eigenvalue weighted by Crippen LogP contribution is 2.25. The number of esters is 1. The van der Waals surface area contributed by atoms with Gasteiger partial charge >= 0.3 is 5.97 Å². The lowest BCUT2D eigenvalue weighted by Crippen LogP contribution is -2.39. The number of ether oxygens (including phenoxy) is 1. The molecule has 0 saturated carbocycles. The molecule has 3 heterocycles. The summed E-state index contributed by atoms with van der Waals surface area (Å²) in [5.41, 5.74) is 2.29. The van der Waals surface area contributed by atoms with Crippen LogP contribution in [0.15, 0.2) is 24.5 Å². The average molecular weight is 329 g/mol. The van der Waals surface area contributed by atoms with Gasteiger partial charge in [0.2, 0.25) is 0 Å². The van der Waals surface area contributed by atoms with Crippen LogP contribution in [0.4, 0.5) is 0 Å². The number of nitrogens with one attached hydrogen (secondary N) is 1. The first kappa shape index (κ1) is 16.4. The number of carbonyl (C=O) groups excluding carboxylic acids is 2. The number of amides is 1. The summed E-state index contributed by atoms with van der Waals surface area (Å²) in [5.74, 6) is -0.455. The minimum atomic E-state index is -0.411. The molecule has 1 N–H and O–H groups in total. The van der Waals surface area contributed by atoms with Gasteiger partial charge in [0.25, 0.3) is 5.91 Å². The van der Waals surface area contributed by atoms with Gasteiger partial charge in [0.15, 0.2) is 0 Å². The van der Waals surface area contributed by atoms with Crippen LogP contribution in [0, 0.1) is 13.8 Å². The zero-order valence-electron chi connectivity index (χ0n) is 14.3. The van der Waals surface area contributed by atoms with Crippen LogP contribution in [0.25, 0.3) is 0 Å². The number of carbonyl (C=O) groups is 2. The Kier molecular flexibility index (Phi) is 4.46. The van der Waals surface area contributed by atoms with Crippen LogP contribution in [-0.4, -0.2) is 46.5 Å². The summed E-state index contributed by atoms with van der Waals surface area (Å²) in [7, 11) is 1.35. The molecule has 1 amide bonds. The van der Waals surface area contributed by atoms with Gasteiger partial charge in [-0.15, -0.1) is 0 Å². The molecule has 0 aromatic carbocycles. The predicted octanol–water partition coefficient (Wildman–Crippen LogP) is 2.70. The highest BCUT2D eigenvalue weighted by molar-refractivity contribution is 6.00. The molecule has 2 aromatic rings. The quantitative estimate of drug-likeness (QED) is 0.881. The topological polar surface area (TPSA) is 67.3 Å². The number of hydrogen-bond donors (Lipinski definition) is 1. The Morgan fingerprint density at radius 2 is 1.79 bits per heavy atom. The fourth-order valence-corrected chi connectivity index (χ4v) is 3.49. The van der Waals surface area contributed by atoms with Crippen LogP contribution in [0.1, 0.15) is 51.0 Å². The first-order chi connectivity index (χ1) is 11.5. The number of likely N-dealkylation sites (tertiary alicyclic amines) is 1. The van der Waals surface area contributed by atoms with E-state index in [-0.39, 0.29) is 5.91 Å². The summed E-state index contributed by atoms with van der Waals surface area (Å²) < 4.78 is 7.01. The van der Waals surface area contributed by atoms with Crippen molar-refractivity contribution in [3.05, 3.63) is 47.0 Å². The SMILES string of the molecule is COC(=O)c1c(C)[nH]c(C(=O)N2CCC(n3cccc3)CC2)c1C. The van der Waals surface area contributed by atoms with Crippen LogP contribution in [-0.2, 0) is 4.74 Å². The molecule has 0 bridgehead atoms. The zero-order valence-corrected chi connectivity index (χ0v) is 14.3. The molecule has 1 fully saturated rings. The normalized spacial score (nSPS) is 15.5. The number of piperidine rings is 1. The Morgan fingerprint density at radius 1 is 1.17 bits per heavy atom. The molecular formula is C18H23N3O3. The van der Waals surface area contributed by atoms with Gasteiger partial charge in [0, 0.05) is 37.2 Å². The van der Waals surface area contributed by atoms with Crippen molar-refractivity contribution in [2.75, 3.05) is 20.2 Å². The van der Waals surface area contributed by atoms with E-state index in [1.165, 1.54) is 7.11 Å². The number of aromatic amines is 1. The minimum Gasteiger partial charge on any atom is -0.465 e. The summed E-state index contributed by atoms with van der Waals surface area (Å²) in [5, 5.41) is 0.